The SMILES string of the molecule is CCC(O)CCc1ccc(Cl)cc1[N+](=O)[O-]. The van der Waals surface area contributed by atoms with Crippen molar-refractivity contribution in [1.82, 2.24) is 0 Å². The zero-order valence-corrected chi connectivity index (χ0v) is 9.78. The highest BCUT2D eigenvalue weighted by molar-refractivity contribution is 6.30. The molecule has 0 fully saturated rings. The van der Waals surface area contributed by atoms with Gasteiger partial charge in [-0.15, -0.1) is 0 Å². The molecule has 0 heterocycles. The maximum Gasteiger partial charge on any atom is 0.274 e. The van der Waals surface area contributed by atoms with Crippen molar-refractivity contribution in [2.45, 2.75) is 32.3 Å². The summed E-state index contributed by atoms with van der Waals surface area (Å²) in [5.74, 6) is 0. The van der Waals surface area contributed by atoms with Crippen molar-refractivity contribution < 1.29 is 10.0 Å². The summed E-state index contributed by atoms with van der Waals surface area (Å²) >= 11 is 5.70. The van der Waals surface area contributed by atoms with E-state index in [0.29, 0.717) is 29.8 Å². The van der Waals surface area contributed by atoms with Gasteiger partial charge in [-0.2, -0.15) is 0 Å². The van der Waals surface area contributed by atoms with E-state index in [2.05, 4.69) is 0 Å². The quantitative estimate of drug-likeness (QED) is 0.639. The molecule has 0 aliphatic heterocycles. The van der Waals surface area contributed by atoms with Crippen LogP contribution in [0.1, 0.15) is 25.3 Å². The molecule has 0 aliphatic carbocycles. The van der Waals surface area contributed by atoms with Crippen molar-refractivity contribution in [2.24, 2.45) is 0 Å². The molecular formula is C11H14ClNO3. The Hall–Kier alpha value is -1.13. The largest absolute Gasteiger partial charge is 0.393 e. The minimum Gasteiger partial charge on any atom is -0.393 e. The number of nitro benzene ring substituents is 1. The highest BCUT2D eigenvalue weighted by Gasteiger charge is 2.14. The first-order valence-electron chi connectivity index (χ1n) is 5.15. The molecule has 0 spiro atoms. The van der Waals surface area contributed by atoms with Crippen LogP contribution in [0.5, 0.6) is 0 Å². The van der Waals surface area contributed by atoms with Crippen molar-refractivity contribution in [1.29, 1.82) is 0 Å². The average Bonchev–Trinajstić information content (AvgIpc) is 2.26. The van der Waals surface area contributed by atoms with Crippen LogP contribution in [0.25, 0.3) is 0 Å². The second kappa shape index (κ2) is 5.82. The van der Waals surface area contributed by atoms with Gasteiger partial charge < -0.3 is 5.11 Å². The minimum atomic E-state index is -0.445. The number of benzene rings is 1. The highest BCUT2D eigenvalue weighted by atomic mass is 35.5. The predicted molar refractivity (Wildman–Crippen MR) is 62.7 cm³/mol. The molecular weight excluding hydrogens is 230 g/mol. The summed E-state index contributed by atoms with van der Waals surface area (Å²) in [6, 6.07) is 4.61. The molecule has 0 saturated carbocycles. The maximum absolute atomic E-state index is 10.8. The number of halogens is 1. The Kier molecular flexibility index (Phi) is 4.71. The second-order valence-corrected chi connectivity index (χ2v) is 4.07. The van der Waals surface area contributed by atoms with E-state index in [-0.39, 0.29) is 5.69 Å². The number of nitrogens with zero attached hydrogens (tertiary/aromatic N) is 1. The standard InChI is InChI=1S/C11H14ClNO3/c1-2-10(14)6-4-8-3-5-9(12)7-11(8)13(15)16/h3,5,7,10,14H,2,4,6H2,1H3. The number of hydrogen-bond donors (Lipinski definition) is 1. The Morgan fingerprint density at radius 3 is 2.81 bits per heavy atom. The van der Waals surface area contributed by atoms with Gasteiger partial charge in [-0.25, -0.2) is 0 Å². The zero-order valence-electron chi connectivity index (χ0n) is 9.02. The Morgan fingerprint density at radius 1 is 1.56 bits per heavy atom. The van der Waals surface area contributed by atoms with E-state index in [1.54, 1.807) is 12.1 Å². The lowest BCUT2D eigenvalue weighted by atomic mass is 10.0. The normalized spacial score (nSPS) is 12.4. The predicted octanol–water partition coefficient (Wildman–Crippen LogP) is 2.95. The molecule has 0 radical (unpaired) electrons. The van der Waals surface area contributed by atoms with Gasteiger partial charge in [0.2, 0.25) is 0 Å². The van der Waals surface area contributed by atoms with Gasteiger partial charge in [-0.05, 0) is 25.3 Å². The average molecular weight is 244 g/mol. The van der Waals surface area contributed by atoms with E-state index in [1.165, 1.54) is 6.07 Å². The number of aliphatic hydroxyl groups excluding tert-OH is 1. The summed E-state index contributed by atoms with van der Waals surface area (Å²) in [7, 11) is 0. The van der Waals surface area contributed by atoms with Gasteiger partial charge in [-0.1, -0.05) is 24.6 Å². The molecule has 1 N–H and O–H groups in total. The third kappa shape index (κ3) is 3.47. The number of hydrogen-bond acceptors (Lipinski definition) is 3. The third-order valence-corrected chi connectivity index (χ3v) is 2.70. The summed E-state index contributed by atoms with van der Waals surface area (Å²) in [5.41, 5.74) is 0.637. The van der Waals surface area contributed by atoms with Gasteiger partial charge >= 0.3 is 0 Å². The van der Waals surface area contributed by atoms with Crippen molar-refractivity contribution >= 4 is 17.3 Å². The Labute approximate surface area is 99.0 Å². The fraction of sp³-hybridized carbons (Fsp3) is 0.455. The van der Waals surface area contributed by atoms with E-state index >= 15 is 0 Å². The Balaban J connectivity index is 2.82. The van der Waals surface area contributed by atoms with E-state index in [1.807, 2.05) is 6.92 Å². The molecule has 0 aromatic heterocycles. The van der Waals surface area contributed by atoms with Crippen LogP contribution in [-0.4, -0.2) is 16.1 Å². The van der Waals surface area contributed by atoms with E-state index < -0.39 is 11.0 Å². The molecule has 0 bridgehead atoms. The highest BCUT2D eigenvalue weighted by Crippen LogP contribution is 2.24. The monoisotopic (exact) mass is 243 g/mol. The molecule has 1 atom stereocenters. The fourth-order valence-electron chi connectivity index (χ4n) is 1.44. The molecule has 0 aliphatic rings. The fourth-order valence-corrected chi connectivity index (χ4v) is 1.61. The molecule has 1 aromatic carbocycles. The van der Waals surface area contributed by atoms with E-state index in [0.717, 1.165) is 0 Å². The van der Waals surface area contributed by atoms with Crippen molar-refractivity contribution in [3.05, 3.63) is 38.9 Å². The van der Waals surface area contributed by atoms with Crippen LogP contribution in [0.15, 0.2) is 18.2 Å². The second-order valence-electron chi connectivity index (χ2n) is 3.63. The first-order chi connectivity index (χ1) is 7.54. The molecule has 4 nitrogen and oxygen atoms in total. The summed E-state index contributed by atoms with van der Waals surface area (Å²) in [6.45, 7) is 1.88. The number of nitro groups is 1. The summed E-state index contributed by atoms with van der Waals surface area (Å²) < 4.78 is 0. The van der Waals surface area contributed by atoms with Crippen LogP contribution in [-0.2, 0) is 6.42 Å². The first-order valence-corrected chi connectivity index (χ1v) is 5.53. The summed E-state index contributed by atoms with van der Waals surface area (Å²) in [5, 5.41) is 20.5. The van der Waals surface area contributed by atoms with Gasteiger partial charge in [-0.3, -0.25) is 10.1 Å². The van der Waals surface area contributed by atoms with Gasteiger partial charge in [0.15, 0.2) is 0 Å². The topological polar surface area (TPSA) is 63.4 Å². The van der Waals surface area contributed by atoms with Crippen LogP contribution >= 0.6 is 11.6 Å². The number of rotatable bonds is 5. The van der Waals surface area contributed by atoms with Gasteiger partial charge in [0.1, 0.15) is 0 Å². The van der Waals surface area contributed by atoms with Crippen molar-refractivity contribution in [3.8, 4) is 0 Å². The molecule has 5 heteroatoms. The van der Waals surface area contributed by atoms with Gasteiger partial charge in [0, 0.05) is 16.7 Å². The van der Waals surface area contributed by atoms with Crippen molar-refractivity contribution in [3.63, 3.8) is 0 Å². The molecule has 0 saturated heterocycles. The number of aliphatic hydroxyl groups is 1. The van der Waals surface area contributed by atoms with Crippen LogP contribution < -0.4 is 0 Å². The Morgan fingerprint density at radius 2 is 2.25 bits per heavy atom. The van der Waals surface area contributed by atoms with Crippen LogP contribution in [0.3, 0.4) is 0 Å². The molecule has 1 unspecified atom stereocenters. The maximum atomic E-state index is 10.8. The third-order valence-electron chi connectivity index (χ3n) is 2.46. The van der Waals surface area contributed by atoms with E-state index in [9.17, 15) is 15.2 Å². The molecule has 1 aromatic rings. The van der Waals surface area contributed by atoms with E-state index in [4.69, 9.17) is 11.6 Å². The lowest BCUT2D eigenvalue weighted by Crippen LogP contribution is -2.06. The van der Waals surface area contributed by atoms with Crippen LogP contribution in [0.4, 0.5) is 5.69 Å². The molecule has 0 amide bonds. The summed E-state index contributed by atoms with van der Waals surface area (Å²) in [4.78, 5) is 10.3. The van der Waals surface area contributed by atoms with Crippen LogP contribution in [0.2, 0.25) is 5.02 Å². The Bertz CT molecular complexity index is 381. The van der Waals surface area contributed by atoms with Gasteiger partial charge in [0.25, 0.3) is 5.69 Å². The summed E-state index contributed by atoms with van der Waals surface area (Å²) in [6.07, 6.45) is 1.26. The molecule has 1 rings (SSSR count). The molecule has 16 heavy (non-hydrogen) atoms. The molecule has 88 valence electrons. The smallest absolute Gasteiger partial charge is 0.274 e. The van der Waals surface area contributed by atoms with Crippen molar-refractivity contribution in [2.75, 3.05) is 0 Å². The lowest BCUT2D eigenvalue weighted by Gasteiger charge is -2.07. The number of aryl methyl sites for hydroxylation is 1. The minimum absolute atomic E-state index is 0.0239. The van der Waals surface area contributed by atoms with Crippen LogP contribution in [0, 0.1) is 10.1 Å². The zero-order chi connectivity index (χ0) is 12.1. The lowest BCUT2D eigenvalue weighted by molar-refractivity contribution is -0.385. The first kappa shape index (κ1) is 12.9. The van der Waals surface area contributed by atoms with Gasteiger partial charge in [0.05, 0.1) is 11.0 Å².